The standard InChI is InChI=1S/C25H21FN4S/c26-19-10-6-11-20(16-19)29-15-7-13-22(29)24-23(21-12-4-5-14-27-21)28-25(31)30(24)17-18-8-2-1-3-9-18/h1-16,23-24H,17H2,(H,28,31)/t23-,24-/m1/s1. The van der Waals surface area contributed by atoms with Crippen molar-refractivity contribution in [2.24, 2.45) is 0 Å². The molecular formula is C25H21FN4S. The van der Waals surface area contributed by atoms with Gasteiger partial charge in [0.2, 0.25) is 0 Å². The SMILES string of the molecule is Fc1cccc(-n2cccc2[C@@H]2[C@@H](c3ccccn3)NC(=S)N2Cc2ccccc2)c1. The van der Waals surface area contributed by atoms with Gasteiger partial charge in [-0.1, -0.05) is 42.5 Å². The summed E-state index contributed by atoms with van der Waals surface area (Å²) in [5.74, 6) is -0.264. The summed E-state index contributed by atoms with van der Waals surface area (Å²) in [6.07, 6.45) is 3.75. The Bertz CT molecular complexity index is 1190. The number of pyridine rings is 1. The molecule has 5 rings (SSSR count). The number of nitrogens with one attached hydrogen (secondary N) is 1. The highest BCUT2D eigenvalue weighted by molar-refractivity contribution is 7.80. The van der Waals surface area contributed by atoms with Gasteiger partial charge >= 0.3 is 0 Å². The molecule has 2 aromatic carbocycles. The summed E-state index contributed by atoms with van der Waals surface area (Å²) in [6, 6.07) is 26.6. The number of nitrogens with zero attached hydrogens (tertiary/aromatic N) is 3. The molecule has 3 heterocycles. The van der Waals surface area contributed by atoms with Crippen LogP contribution in [0.1, 0.15) is 29.0 Å². The molecule has 1 saturated heterocycles. The molecule has 0 unspecified atom stereocenters. The average Bonchev–Trinajstić information content (AvgIpc) is 3.40. The van der Waals surface area contributed by atoms with Crippen molar-refractivity contribution < 1.29 is 4.39 Å². The van der Waals surface area contributed by atoms with E-state index in [0.717, 1.165) is 17.1 Å². The van der Waals surface area contributed by atoms with Gasteiger partial charge in [0.15, 0.2) is 5.11 Å². The number of halogens is 1. The largest absolute Gasteiger partial charge is 0.352 e. The first kappa shape index (κ1) is 19.5. The second kappa shape index (κ2) is 8.32. The van der Waals surface area contributed by atoms with Crippen LogP contribution in [-0.4, -0.2) is 19.6 Å². The molecule has 0 bridgehead atoms. The van der Waals surface area contributed by atoms with E-state index in [1.54, 1.807) is 18.3 Å². The van der Waals surface area contributed by atoms with E-state index in [1.807, 2.05) is 59.3 Å². The fourth-order valence-corrected chi connectivity index (χ4v) is 4.48. The highest BCUT2D eigenvalue weighted by Gasteiger charge is 2.41. The van der Waals surface area contributed by atoms with Gasteiger partial charge < -0.3 is 14.8 Å². The van der Waals surface area contributed by atoms with Gasteiger partial charge in [-0.3, -0.25) is 4.98 Å². The Morgan fingerprint density at radius 1 is 0.935 bits per heavy atom. The van der Waals surface area contributed by atoms with E-state index in [1.165, 1.54) is 11.6 Å². The van der Waals surface area contributed by atoms with Crippen LogP contribution in [0.15, 0.2) is 97.3 Å². The van der Waals surface area contributed by atoms with Crippen molar-refractivity contribution in [3.8, 4) is 5.69 Å². The monoisotopic (exact) mass is 428 g/mol. The van der Waals surface area contributed by atoms with Gasteiger partial charge in [0.1, 0.15) is 5.82 Å². The van der Waals surface area contributed by atoms with Gasteiger partial charge in [0.25, 0.3) is 0 Å². The fourth-order valence-electron chi connectivity index (χ4n) is 4.17. The second-order valence-electron chi connectivity index (χ2n) is 7.52. The Morgan fingerprint density at radius 3 is 2.55 bits per heavy atom. The predicted octanol–water partition coefficient (Wildman–Crippen LogP) is 5.18. The van der Waals surface area contributed by atoms with Crippen molar-refractivity contribution in [1.29, 1.82) is 0 Å². The Hall–Kier alpha value is -3.51. The Balaban J connectivity index is 1.61. The lowest BCUT2D eigenvalue weighted by molar-refractivity contribution is 0.302. The lowest BCUT2D eigenvalue weighted by Gasteiger charge is -2.29. The molecule has 1 aliphatic heterocycles. The van der Waals surface area contributed by atoms with Crippen molar-refractivity contribution in [1.82, 2.24) is 19.8 Å². The van der Waals surface area contributed by atoms with Gasteiger partial charge in [-0.05, 0) is 60.2 Å². The number of aromatic nitrogens is 2. The topological polar surface area (TPSA) is 33.1 Å². The maximum atomic E-state index is 14.0. The van der Waals surface area contributed by atoms with Crippen LogP contribution >= 0.6 is 12.2 Å². The fraction of sp³-hybridized carbons (Fsp3) is 0.120. The Morgan fingerprint density at radius 2 is 1.77 bits per heavy atom. The quantitative estimate of drug-likeness (QED) is 0.444. The van der Waals surface area contributed by atoms with Crippen molar-refractivity contribution in [3.63, 3.8) is 0 Å². The molecule has 2 aromatic heterocycles. The zero-order chi connectivity index (χ0) is 21.2. The Kier molecular flexibility index (Phi) is 5.22. The van der Waals surface area contributed by atoms with Crippen molar-refractivity contribution >= 4 is 17.3 Å². The third-order valence-electron chi connectivity index (χ3n) is 5.56. The molecular weight excluding hydrogens is 407 g/mol. The predicted molar refractivity (Wildman–Crippen MR) is 123 cm³/mol. The molecule has 4 nitrogen and oxygen atoms in total. The summed E-state index contributed by atoms with van der Waals surface area (Å²) in [5, 5.41) is 4.15. The van der Waals surface area contributed by atoms with E-state index < -0.39 is 0 Å². The van der Waals surface area contributed by atoms with E-state index in [2.05, 4.69) is 33.4 Å². The molecule has 6 heteroatoms. The van der Waals surface area contributed by atoms with Crippen LogP contribution in [0.25, 0.3) is 5.69 Å². The van der Waals surface area contributed by atoms with Crippen LogP contribution in [0.2, 0.25) is 0 Å². The highest BCUT2D eigenvalue weighted by Crippen LogP contribution is 2.40. The maximum absolute atomic E-state index is 14.0. The van der Waals surface area contributed by atoms with Gasteiger partial charge in [-0.2, -0.15) is 0 Å². The third-order valence-corrected chi connectivity index (χ3v) is 5.92. The average molecular weight is 429 g/mol. The van der Waals surface area contributed by atoms with E-state index in [-0.39, 0.29) is 17.9 Å². The zero-order valence-corrected chi connectivity index (χ0v) is 17.5. The maximum Gasteiger partial charge on any atom is 0.170 e. The molecule has 154 valence electrons. The molecule has 0 aliphatic carbocycles. The normalized spacial score (nSPS) is 18.2. The number of thiocarbonyl (C=S) groups is 1. The van der Waals surface area contributed by atoms with Crippen LogP contribution in [0, 0.1) is 5.82 Å². The molecule has 0 amide bonds. The van der Waals surface area contributed by atoms with Crippen molar-refractivity contribution in [3.05, 3.63) is 120 Å². The summed E-state index contributed by atoms with van der Waals surface area (Å²) in [7, 11) is 0. The summed E-state index contributed by atoms with van der Waals surface area (Å²) in [5.41, 5.74) is 3.88. The first-order valence-electron chi connectivity index (χ1n) is 10.2. The van der Waals surface area contributed by atoms with Gasteiger partial charge in [0.05, 0.1) is 17.8 Å². The molecule has 1 fully saturated rings. The summed E-state index contributed by atoms with van der Waals surface area (Å²) in [4.78, 5) is 6.78. The van der Waals surface area contributed by atoms with Crippen molar-refractivity contribution in [2.45, 2.75) is 18.6 Å². The van der Waals surface area contributed by atoms with Crippen LogP contribution in [0.5, 0.6) is 0 Å². The minimum atomic E-state index is -0.264. The van der Waals surface area contributed by atoms with Crippen LogP contribution < -0.4 is 5.32 Å². The van der Waals surface area contributed by atoms with Gasteiger partial charge in [-0.15, -0.1) is 0 Å². The molecule has 2 atom stereocenters. The molecule has 31 heavy (non-hydrogen) atoms. The van der Waals surface area contributed by atoms with E-state index >= 15 is 0 Å². The molecule has 0 spiro atoms. The zero-order valence-electron chi connectivity index (χ0n) is 16.7. The lowest BCUT2D eigenvalue weighted by Crippen LogP contribution is -2.30. The highest BCUT2D eigenvalue weighted by atomic mass is 32.1. The molecule has 0 radical (unpaired) electrons. The minimum Gasteiger partial charge on any atom is -0.352 e. The van der Waals surface area contributed by atoms with Crippen molar-refractivity contribution in [2.75, 3.05) is 0 Å². The van der Waals surface area contributed by atoms with Crippen LogP contribution in [0.3, 0.4) is 0 Å². The molecule has 1 N–H and O–H groups in total. The smallest absolute Gasteiger partial charge is 0.170 e. The minimum absolute atomic E-state index is 0.110. The molecule has 0 saturated carbocycles. The summed E-state index contributed by atoms with van der Waals surface area (Å²) < 4.78 is 16.0. The lowest BCUT2D eigenvalue weighted by atomic mass is 10.0. The first-order valence-corrected chi connectivity index (χ1v) is 10.6. The van der Waals surface area contributed by atoms with Crippen LogP contribution in [-0.2, 0) is 6.54 Å². The van der Waals surface area contributed by atoms with E-state index in [0.29, 0.717) is 11.7 Å². The molecule has 1 aliphatic rings. The summed E-state index contributed by atoms with van der Waals surface area (Å²) >= 11 is 5.77. The number of hydrogen-bond acceptors (Lipinski definition) is 2. The number of rotatable bonds is 5. The van der Waals surface area contributed by atoms with Gasteiger partial charge in [0, 0.05) is 30.3 Å². The first-order chi connectivity index (χ1) is 15.2. The van der Waals surface area contributed by atoms with Gasteiger partial charge in [-0.25, -0.2) is 4.39 Å². The third kappa shape index (κ3) is 3.82. The van der Waals surface area contributed by atoms with E-state index in [4.69, 9.17) is 12.2 Å². The van der Waals surface area contributed by atoms with E-state index in [9.17, 15) is 4.39 Å². The number of benzene rings is 2. The number of hydrogen-bond donors (Lipinski definition) is 1. The summed E-state index contributed by atoms with van der Waals surface area (Å²) in [6.45, 7) is 0.662. The second-order valence-corrected chi connectivity index (χ2v) is 7.91. The van der Waals surface area contributed by atoms with Crippen LogP contribution in [0.4, 0.5) is 4.39 Å². The Labute approximate surface area is 186 Å². The molecule has 4 aromatic rings.